The van der Waals surface area contributed by atoms with Crippen molar-refractivity contribution >= 4 is 21.9 Å². The fourth-order valence-corrected chi connectivity index (χ4v) is 1.64. The number of carbonyl (C=O) groups excluding carboxylic acids is 1. The lowest BCUT2D eigenvalue weighted by Crippen LogP contribution is -2.05. The molecule has 0 amide bonds. The molecule has 0 saturated heterocycles. The number of halogens is 1. The van der Waals surface area contributed by atoms with Crippen LogP contribution in [0.1, 0.15) is 28.4 Å². The Labute approximate surface area is 102 Å². The minimum absolute atomic E-state index is 0.0694. The van der Waals surface area contributed by atoms with Crippen LogP contribution >= 0.6 is 15.9 Å². The van der Waals surface area contributed by atoms with E-state index in [1.165, 1.54) is 12.1 Å². The Morgan fingerprint density at radius 3 is 2.81 bits per heavy atom. The van der Waals surface area contributed by atoms with Crippen LogP contribution in [0.15, 0.2) is 12.1 Å². The Bertz CT molecular complexity index is 451. The first-order chi connectivity index (χ1) is 7.63. The van der Waals surface area contributed by atoms with Crippen molar-refractivity contribution in [2.45, 2.75) is 12.3 Å². The molecule has 0 saturated carbocycles. The molecule has 1 rings (SSSR count). The lowest BCUT2D eigenvalue weighted by molar-refractivity contribution is 0.0526. The molecule has 84 valence electrons. The second-order valence-electron chi connectivity index (χ2n) is 3.00. The van der Waals surface area contributed by atoms with E-state index >= 15 is 0 Å². The molecule has 0 fully saturated rings. The first-order valence-electron chi connectivity index (χ1n) is 4.63. The second-order valence-corrected chi connectivity index (χ2v) is 3.56. The largest absolute Gasteiger partial charge is 0.506 e. The average molecular weight is 284 g/mol. The van der Waals surface area contributed by atoms with Crippen LogP contribution in [0, 0.1) is 11.3 Å². The molecule has 0 unspecified atom stereocenters. The zero-order valence-corrected chi connectivity index (χ0v) is 10.2. The summed E-state index contributed by atoms with van der Waals surface area (Å²) in [7, 11) is 0. The third-order valence-electron chi connectivity index (χ3n) is 1.96. The van der Waals surface area contributed by atoms with E-state index in [2.05, 4.69) is 15.9 Å². The SMILES string of the molecule is CCOC(=O)c1cc(C#N)c(O)c(CBr)c1. The van der Waals surface area contributed by atoms with Crippen molar-refractivity contribution in [2.75, 3.05) is 6.61 Å². The molecule has 0 heterocycles. The van der Waals surface area contributed by atoms with Gasteiger partial charge in [-0.3, -0.25) is 0 Å². The van der Waals surface area contributed by atoms with Gasteiger partial charge in [0.2, 0.25) is 0 Å². The predicted octanol–water partition coefficient (Wildman–Crippen LogP) is 2.34. The number of ether oxygens (including phenoxy) is 1. The van der Waals surface area contributed by atoms with Crippen molar-refractivity contribution in [1.82, 2.24) is 0 Å². The molecule has 0 radical (unpaired) electrons. The smallest absolute Gasteiger partial charge is 0.338 e. The molecule has 0 aliphatic heterocycles. The van der Waals surface area contributed by atoms with Gasteiger partial charge in [-0.05, 0) is 19.1 Å². The Hall–Kier alpha value is -1.54. The first-order valence-corrected chi connectivity index (χ1v) is 5.75. The summed E-state index contributed by atoms with van der Waals surface area (Å²) in [6, 6.07) is 4.65. The molecule has 0 aromatic heterocycles. The highest BCUT2D eigenvalue weighted by molar-refractivity contribution is 9.08. The van der Waals surface area contributed by atoms with E-state index < -0.39 is 5.97 Å². The first kappa shape index (κ1) is 12.5. The maximum atomic E-state index is 11.5. The second kappa shape index (κ2) is 5.52. The number of nitrogens with zero attached hydrogens (tertiary/aromatic N) is 1. The summed E-state index contributed by atoms with van der Waals surface area (Å²) in [5.41, 5.74) is 0.827. The van der Waals surface area contributed by atoms with Crippen molar-refractivity contribution < 1.29 is 14.6 Å². The number of hydrogen-bond donors (Lipinski definition) is 1. The van der Waals surface area contributed by atoms with Gasteiger partial charge >= 0.3 is 5.97 Å². The summed E-state index contributed by atoms with van der Waals surface area (Å²) < 4.78 is 4.82. The summed E-state index contributed by atoms with van der Waals surface area (Å²) in [5, 5.41) is 18.8. The van der Waals surface area contributed by atoms with Gasteiger partial charge in [0.25, 0.3) is 0 Å². The van der Waals surface area contributed by atoms with Gasteiger partial charge in [0.15, 0.2) is 0 Å². The highest BCUT2D eigenvalue weighted by Gasteiger charge is 2.14. The number of alkyl halides is 1. The minimum atomic E-state index is -0.499. The zero-order chi connectivity index (χ0) is 12.1. The van der Waals surface area contributed by atoms with Crippen LogP contribution in [0.2, 0.25) is 0 Å². The fraction of sp³-hybridized carbons (Fsp3) is 0.273. The molecule has 16 heavy (non-hydrogen) atoms. The van der Waals surface area contributed by atoms with Gasteiger partial charge < -0.3 is 9.84 Å². The number of benzene rings is 1. The van der Waals surface area contributed by atoms with Gasteiger partial charge in [0.05, 0.1) is 17.7 Å². The monoisotopic (exact) mass is 283 g/mol. The Morgan fingerprint density at radius 1 is 1.62 bits per heavy atom. The Kier molecular flexibility index (Phi) is 4.32. The van der Waals surface area contributed by atoms with E-state index in [1.54, 1.807) is 6.92 Å². The van der Waals surface area contributed by atoms with Crippen LogP contribution in [-0.4, -0.2) is 17.7 Å². The van der Waals surface area contributed by atoms with E-state index in [9.17, 15) is 9.90 Å². The summed E-state index contributed by atoms with van der Waals surface area (Å²) in [5.74, 6) is -0.603. The molecular formula is C11H10BrNO3. The van der Waals surface area contributed by atoms with Crippen molar-refractivity contribution in [3.05, 3.63) is 28.8 Å². The molecule has 1 aromatic rings. The van der Waals surface area contributed by atoms with Gasteiger partial charge in [-0.1, -0.05) is 15.9 Å². The maximum Gasteiger partial charge on any atom is 0.338 e. The maximum absolute atomic E-state index is 11.5. The molecule has 1 aromatic carbocycles. The van der Waals surface area contributed by atoms with Crippen LogP contribution < -0.4 is 0 Å². The molecule has 5 heteroatoms. The molecular weight excluding hydrogens is 274 g/mol. The Morgan fingerprint density at radius 2 is 2.31 bits per heavy atom. The van der Waals surface area contributed by atoms with Gasteiger partial charge in [-0.25, -0.2) is 4.79 Å². The molecule has 0 bridgehead atoms. The van der Waals surface area contributed by atoms with E-state index in [1.807, 2.05) is 6.07 Å². The third kappa shape index (κ3) is 2.52. The number of aromatic hydroxyl groups is 1. The van der Waals surface area contributed by atoms with Crippen molar-refractivity contribution in [2.24, 2.45) is 0 Å². The zero-order valence-electron chi connectivity index (χ0n) is 8.66. The normalized spacial score (nSPS) is 9.56. The number of phenols is 1. The topological polar surface area (TPSA) is 70.3 Å². The quantitative estimate of drug-likeness (QED) is 0.683. The number of phenolic OH excluding ortho intramolecular Hbond substituents is 1. The average Bonchev–Trinajstić information content (AvgIpc) is 2.29. The molecule has 0 aliphatic carbocycles. The number of esters is 1. The minimum Gasteiger partial charge on any atom is -0.506 e. The number of hydrogen-bond acceptors (Lipinski definition) is 4. The van der Waals surface area contributed by atoms with Crippen molar-refractivity contribution in [1.29, 1.82) is 5.26 Å². The number of carbonyl (C=O) groups is 1. The molecule has 0 spiro atoms. The van der Waals surface area contributed by atoms with Gasteiger partial charge in [-0.2, -0.15) is 5.26 Å². The van der Waals surface area contributed by atoms with Crippen LogP contribution in [0.5, 0.6) is 5.75 Å². The summed E-state index contributed by atoms with van der Waals surface area (Å²) in [4.78, 5) is 11.5. The van der Waals surface area contributed by atoms with Crippen molar-refractivity contribution in [3.63, 3.8) is 0 Å². The van der Waals surface area contributed by atoms with Gasteiger partial charge in [0, 0.05) is 10.9 Å². The molecule has 1 N–H and O–H groups in total. The lowest BCUT2D eigenvalue weighted by atomic mass is 10.1. The van der Waals surface area contributed by atoms with Crippen LogP contribution in [0.25, 0.3) is 0 Å². The number of nitriles is 1. The highest BCUT2D eigenvalue weighted by atomic mass is 79.9. The van der Waals surface area contributed by atoms with Crippen LogP contribution in [0.4, 0.5) is 0 Å². The summed E-state index contributed by atoms with van der Waals surface area (Å²) >= 11 is 3.17. The molecule has 0 atom stereocenters. The summed E-state index contributed by atoms with van der Waals surface area (Å²) in [6.45, 7) is 1.97. The summed E-state index contributed by atoms with van der Waals surface area (Å²) in [6.07, 6.45) is 0. The van der Waals surface area contributed by atoms with Gasteiger partial charge in [0.1, 0.15) is 11.8 Å². The standard InChI is InChI=1S/C11H10BrNO3/c1-2-16-11(15)7-3-8(5-12)10(14)9(4-7)6-13/h3-4,14H,2,5H2,1H3. The third-order valence-corrected chi connectivity index (χ3v) is 2.57. The van der Waals surface area contributed by atoms with E-state index in [-0.39, 0.29) is 23.5 Å². The fourth-order valence-electron chi connectivity index (χ4n) is 1.21. The van der Waals surface area contributed by atoms with Crippen molar-refractivity contribution in [3.8, 4) is 11.8 Å². The molecule has 4 nitrogen and oxygen atoms in total. The Balaban J connectivity index is 3.23. The number of rotatable bonds is 3. The molecule has 0 aliphatic rings. The van der Waals surface area contributed by atoms with E-state index in [4.69, 9.17) is 10.00 Å². The predicted molar refractivity (Wildman–Crippen MR) is 61.4 cm³/mol. The van der Waals surface area contributed by atoms with Crippen LogP contribution in [-0.2, 0) is 10.1 Å². The lowest BCUT2D eigenvalue weighted by Gasteiger charge is -2.07. The van der Waals surface area contributed by atoms with E-state index in [0.717, 1.165) is 0 Å². The van der Waals surface area contributed by atoms with Crippen LogP contribution in [0.3, 0.4) is 0 Å². The van der Waals surface area contributed by atoms with E-state index in [0.29, 0.717) is 10.9 Å². The van der Waals surface area contributed by atoms with Gasteiger partial charge in [-0.15, -0.1) is 0 Å². The highest BCUT2D eigenvalue weighted by Crippen LogP contribution is 2.26.